The molecule has 1 aromatic rings. The summed E-state index contributed by atoms with van der Waals surface area (Å²) in [6.45, 7) is 1.75. The van der Waals surface area contributed by atoms with Gasteiger partial charge in [-0.15, -0.1) is 0 Å². The fourth-order valence-corrected chi connectivity index (χ4v) is 3.67. The van der Waals surface area contributed by atoms with E-state index in [4.69, 9.17) is 15.2 Å². The second-order valence-corrected chi connectivity index (χ2v) is 6.02. The summed E-state index contributed by atoms with van der Waals surface area (Å²) < 4.78 is 24.9. The Balaban J connectivity index is 1.62. The van der Waals surface area contributed by atoms with Crippen molar-refractivity contribution in [1.29, 1.82) is 0 Å². The molecule has 4 nitrogen and oxygen atoms in total. The van der Waals surface area contributed by atoms with Crippen LogP contribution in [0.1, 0.15) is 25.7 Å². The van der Waals surface area contributed by atoms with Crippen LogP contribution in [0.2, 0.25) is 0 Å². The van der Waals surface area contributed by atoms with Crippen molar-refractivity contribution in [2.75, 3.05) is 26.0 Å². The molecular formula is C16H23FN2O2. The van der Waals surface area contributed by atoms with Gasteiger partial charge in [0.15, 0.2) is 11.6 Å². The van der Waals surface area contributed by atoms with Crippen LogP contribution in [-0.4, -0.2) is 43.3 Å². The van der Waals surface area contributed by atoms with Crippen molar-refractivity contribution in [2.45, 2.75) is 43.9 Å². The second kappa shape index (κ2) is 6.20. The molecule has 0 unspecified atom stereocenters. The van der Waals surface area contributed by atoms with Crippen LogP contribution in [0, 0.1) is 5.82 Å². The predicted octanol–water partition coefficient (Wildman–Crippen LogP) is 2.43. The minimum atomic E-state index is -0.371. The lowest BCUT2D eigenvalue weighted by Crippen LogP contribution is -2.47. The zero-order chi connectivity index (χ0) is 14.8. The van der Waals surface area contributed by atoms with Gasteiger partial charge in [-0.1, -0.05) is 0 Å². The molecule has 0 spiro atoms. The van der Waals surface area contributed by atoms with E-state index in [1.54, 1.807) is 19.2 Å². The molecular weight excluding hydrogens is 271 g/mol. The quantitative estimate of drug-likeness (QED) is 0.847. The Kier molecular flexibility index (Phi) is 4.31. The number of nitrogen functional groups attached to an aromatic ring is 1. The number of rotatable bonds is 5. The fourth-order valence-electron chi connectivity index (χ4n) is 3.67. The van der Waals surface area contributed by atoms with Crippen molar-refractivity contribution < 1.29 is 13.9 Å². The highest BCUT2D eigenvalue weighted by atomic mass is 19.1. The molecule has 0 saturated carbocycles. The van der Waals surface area contributed by atoms with E-state index in [1.807, 2.05) is 0 Å². The summed E-state index contributed by atoms with van der Waals surface area (Å²) in [5, 5.41) is 0. The van der Waals surface area contributed by atoms with E-state index in [2.05, 4.69) is 4.90 Å². The summed E-state index contributed by atoms with van der Waals surface area (Å²) in [5.41, 5.74) is 5.99. The molecule has 2 saturated heterocycles. The van der Waals surface area contributed by atoms with Gasteiger partial charge in [0.1, 0.15) is 6.10 Å². The first kappa shape index (κ1) is 14.6. The van der Waals surface area contributed by atoms with E-state index in [9.17, 15) is 4.39 Å². The number of nitrogens with zero attached hydrogens (tertiary/aromatic N) is 1. The van der Waals surface area contributed by atoms with Crippen LogP contribution in [0.25, 0.3) is 0 Å². The van der Waals surface area contributed by atoms with E-state index >= 15 is 0 Å². The number of halogens is 1. The molecule has 2 bridgehead atoms. The first-order valence-corrected chi connectivity index (χ1v) is 7.63. The topological polar surface area (TPSA) is 47.7 Å². The summed E-state index contributed by atoms with van der Waals surface area (Å²) in [6, 6.07) is 5.71. The van der Waals surface area contributed by atoms with Gasteiger partial charge in [-0.25, -0.2) is 4.39 Å². The maximum Gasteiger partial charge on any atom is 0.167 e. The molecule has 0 radical (unpaired) electrons. The van der Waals surface area contributed by atoms with Crippen LogP contribution in [0.3, 0.4) is 0 Å². The van der Waals surface area contributed by atoms with Crippen LogP contribution in [0.5, 0.6) is 5.75 Å². The number of piperidine rings is 1. The summed E-state index contributed by atoms with van der Waals surface area (Å²) in [6.07, 6.45) is 4.43. The fraction of sp³-hybridized carbons (Fsp3) is 0.625. The van der Waals surface area contributed by atoms with E-state index in [-0.39, 0.29) is 11.9 Å². The molecule has 3 rings (SSSR count). The molecule has 1 aromatic carbocycles. The Bertz CT molecular complexity index is 483. The Morgan fingerprint density at radius 2 is 2.00 bits per heavy atom. The smallest absolute Gasteiger partial charge is 0.167 e. The van der Waals surface area contributed by atoms with Gasteiger partial charge in [0.2, 0.25) is 0 Å². The van der Waals surface area contributed by atoms with Gasteiger partial charge in [0, 0.05) is 37.5 Å². The minimum Gasteiger partial charge on any atom is -0.487 e. The number of benzene rings is 1. The Hall–Kier alpha value is -1.33. The van der Waals surface area contributed by atoms with Crippen LogP contribution < -0.4 is 10.5 Å². The zero-order valence-electron chi connectivity index (χ0n) is 12.4. The van der Waals surface area contributed by atoms with E-state index in [0.29, 0.717) is 23.5 Å². The maximum absolute atomic E-state index is 13.8. The molecule has 0 aromatic heterocycles. The summed E-state index contributed by atoms with van der Waals surface area (Å²) in [5.74, 6) is -0.0527. The van der Waals surface area contributed by atoms with Crippen molar-refractivity contribution in [3.05, 3.63) is 24.0 Å². The molecule has 2 heterocycles. The number of ether oxygens (including phenoxy) is 2. The monoisotopic (exact) mass is 294 g/mol. The van der Waals surface area contributed by atoms with Crippen molar-refractivity contribution in [3.63, 3.8) is 0 Å². The van der Waals surface area contributed by atoms with Gasteiger partial charge in [-0.05, 0) is 37.8 Å². The average molecular weight is 294 g/mol. The lowest BCUT2D eigenvalue weighted by molar-refractivity contribution is 0.0316. The molecule has 5 heteroatoms. The van der Waals surface area contributed by atoms with Gasteiger partial charge < -0.3 is 15.2 Å². The highest BCUT2D eigenvalue weighted by molar-refractivity contribution is 5.42. The molecule has 0 amide bonds. The molecule has 21 heavy (non-hydrogen) atoms. The summed E-state index contributed by atoms with van der Waals surface area (Å²) in [4.78, 5) is 2.53. The maximum atomic E-state index is 13.8. The summed E-state index contributed by atoms with van der Waals surface area (Å²) in [7, 11) is 1.74. The number of methoxy groups -OCH3 is 1. The van der Waals surface area contributed by atoms with Gasteiger partial charge in [-0.2, -0.15) is 0 Å². The molecule has 2 aliphatic rings. The van der Waals surface area contributed by atoms with Gasteiger partial charge in [0.05, 0.1) is 6.61 Å². The average Bonchev–Trinajstić information content (AvgIpc) is 2.69. The standard InChI is InChI=1S/C16H23FN2O2/c1-20-7-6-19-12-3-4-13(19)10-14(9-12)21-16-5-2-11(18)8-15(16)17/h2,5,8,12-14H,3-4,6-7,9-10,18H2,1H3/t12-,13+,14-. The number of hydrogen-bond donors (Lipinski definition) is 1. The predicted molar refractivity (Wildman–Crippen MR) is 79.9 cm³/mol. The van der Waals surface area contributed by atoms with Crippen molar-refractivity contribution in [3.8, 4) is 5.75 Å². The Labute approximate surface area is 125 Å². The highest BCUT2D eigenvalue weighted by Crippen LogP contribution is 2.37. The largest absolute Gasteiger partial charge is 0.487 e. The zero-order valence-corrected chi connectivity index (χ0v) is 12.4. The molecule has 2 aliphatic heterocycles. The second-order valence-electron chi connectivity index (χ2n) is 6.02. The number of anilines is 1. The first-order valence-electron chi connectivity index (χ1n) is 7.63. The van der Waals surface area contributed by atoms with Crippen molar-refractivity contribution in [1.82, 2.24) is 4.90 Å². The third-order valence-corrected chi connectivity index (χ3v) is 4.64. The van der Waals surface area contributed by atoms with E-state index in [1.165, 1.54) is 18.9 Å². The summed E-state index contributed by atoms with van der Waals surface area (Å²) >= 11 is 0. The van der Waals surface area contributed by atoms with Crippen LogP contribution in [0.15, 0.2) is 18.2 Å². The lowest BCUT2D eigenvalue weighted by atomic mass is 9.99. The van der Waals surface area contributed by atoms with Crippen molar-refractivity contribution in [2.24, 2.45) is 0 Å². The lowest BCUT2D eigenvalue weighted by Gasteiger charge is -2.38. The highest BCUT2D eigenvalue weighted by Gasteiger charge is 2.41. The number of nitrogens with two attached hydrogens (primary N) is 1. The van der Waals surface area contributed by atoms with E-state index < -0.39 is 0 Å². The number of fused-ring (bicyclic) bond motifs is 2. The first-order chi connectivity index (χ1) is 10.2. The third kappa shape index (κ3) is 3.14. The van der Waals surface area contributed by atoms with Crippen LogP contribution in [0.4, 0.5) is 10.1 Å². The van der Waals surface area contributed by atoms with Gasteiger partial charge in [0.25, 0.3) is 0 Å². The van der Waals surface area contributed by atoms with Gasteiger partial charge in [-0.3, -0.25) is 4.90 Å². The normalized spacial score (nSPS) is 28.8. The van der Waals surface area contributed by atoms with Crippen LogP contribution >= 0.6 is 0 Å². The number of hydrogen-bond acceptors (Lipinski definition) is 4. The third-order valence-electron chi connectivity index (χ3n) is 4.64. The van der Waals surface area contributed by atoms with Gasteiger partial charge >= 0.3 is 0 Å². The molecule has 116 valence electrons. The Morgan fingerprint density at radius 1 is 1.29 bits per heavy atom. The van der Waals surface area contributed by atoms with Crippen LogP contribution in [-0.2, 0) is 4.74 Å². The van der Waals surface area contributed by atoms with Crippen molar-refractivity contribution >= 4 is 5.69 Å². The molecule has 0 aliphatic carbocycles. The Morgan fingerprint density at radius 3 is 2.62 bits per heavy atom. The van der Waals surface area contributed by atoms with E-state index in [0.717, 1.165) is 26.0 Å². The minimum absolute atomic E-state index is 0.0967. The molecule has 2 fully saturated rings. The molecule has 3 atom stereocenters. The SMILES string of the molecule is COCCN1[C@@H]2CC[C@H]1C[C@H](Oc1ccc(N)cc1F)C2. The molecule has 2 N–H and O–H groups in total.